The Morgan fingerprint density at radius 2 is 1.90 bits per heavy atom. The first kappa shape index (κ1) is 17.9. The van der Waals surface area contributed by atoms with Gasteiger partial charge in [-0.2, -0.15) is 0 Å². The summed E-state index contributed by atoms with van der Waals surface area (Å²) in [6, 6.07) is 0. The molecule has 1 unspecified atom stereocenters. The SMILES string of the molecule is C=C1CC=CC2=C1CCC(C1=CCCC=C1)C2.C=P.CO. The molecule has 3 aliphatic rings. The molecule has 0 saturated carbocycles. The maximum atomic E-state index is 7.00. The number of allylic oxidation sites excluding steroid dienone is 9. The summed E-state index contributed by atoms with van der Waals surface area (Å²) in [7, 11) is 3.72. The summed E-state index contributed by atoms with van der Waals surface area (Å²) >= 11 is 0. The maximum absolute atomic E-state index is 7.00. The Bertz CT molecular complexity index is 480. The Morgan fingerprint density at radius 1 is 1.14 bits per heavy atom. The molecule has 1 N–H and O–H groups in total. The summed E-state index contributed by atoms with van der Waals surface area (Å²) in [6.07, 6.45) is 22.1. The van der Waals surface area contributed by atoms with Crippen LogP contribution in [0.4, 0.5) is 0 Å². The zero-order valence-corrected chi connectivity index (χ0v) is 14.1. The standard InChI is InChI=1S/C17H20.CH4O.CH3P/c1-13-6-5-9-16-12-15(10-11-17(13)16)14-7-3-2-4-8-14;2*1-2/h3,5,7-9,15H,1-2,4,6,10-12H2;2H,1H3;2H,1H2. The summed E-state index contributed by atoms with van der Waals surface area (Å²) in [5, 5.41) is 7.00. The Balaban J connectivity index is 0.000000510. The smallest absolute Gasteiger partial charge is 0.0319 e. The number of rotatable bonds is 1. The fourth-order valence-corrected chi connectivity index (χ4v) is 3.23. The molecule has 0 spiro atoms. The van der Waals surface area contributed by atoms with Crippen LogP contribution in [-0.4, -0.2) is 18.5 Å². The average Bonchev–Trinajstić information content (AvgIpc) is 2.59. The molecule has 0 amide bonds. The lowest BCUT2D eigenvalue weighted by molar-refractivity contribution is 0.399. The van der Waals surface area contributed by atoms with Gasteiger partial charge in [-0.05, 0) is 66.7 Å². The highest BCUT2D eigenvalue weighted by atomic mass is 31.0. The molecule has 0 heterocycles. The highest BCUT2D eigenvalue weighted by Gasteiger charge is 2.24. The van der Waals surface area contributed by atoms with Crippen LogP contribution in [0.1, 0.15) is 38.5 Å². The minimum Gasteiger partial charge on any atom is -0.400 e. The van der Waals surface area contributed by atoms with E-state index in [1.54, 1.807) is 16.7 Å². The minimum atomic E-state index is 0.751. The maximum Gasteiger partial charge on any atom is 0.0319 e. The summed E-state index contributed by atoms with van der Waals surface area (Å²) in [5.41, 5.74) is 6.04. The monoisotopic (exact) mass is 302 g/mol. The van der Waals surface area contributed by atoms with Crippen molar-refractivity contribution in [3.05, 3.63) is 59.3 Å². The highest BCUT2D eigenvalue weighted by molar-refractivity contribution is 7.15. The summed E-state index contributed by atoms with van der Waals surface area (Å²) in [4.78, 5) is 0. The summed E-state index contributed by atoms with van der Waals surface area (Å²) < 4.78 is 0. The molecule has 0 aliphatic heterocycles. The van der Waals surface area contributed by atoms with Crippen molar-refractivity contribution in [1.82, 2.24) is 0 Å². The van der Waals surface area contributed by atoms with E-state index in [4.69, 9.17) is 5.11 Å². The van der Waals surface area contributed by atoms with Gasteiger partial charge < -0.3 is 5.11 Å². The lowest BCUT2D eigenvalue weighted by atomic mass is 9.75. The van der Waals surface area contributed by atoms with Gasteiger partial charge in [-0.15, -0.1) is 8.86 Å². The third-order valence-corrected chi connectivity index (χ3v) is 4.20. The molecular weight excluding hydrogens is 275 g/mol. The lowest BCUT2D eigenvalue weighted by Gasteiger charge is -2.30. The molecule has 114 valence electrons. The molecule has 0 aromatic carbocycles. The van der Waals surface area contributed by atoms with E-state index in [-0.39, 0.29) is 0 Å². The molecule has 3 aliphatic carbocycles. The van der Waals surface area contributed by atoms with Crippen LogP contribution in [0.5, 0.6) is 0 Å². The van der Waals surface area contributed by atoms with E-state index >= 15 is 0 Å². The normalized spacial score (nSPS) is 23.2. The van der Waals surface area contributed by atoms with E-state index in [1.165, 1.54) is 37.7 Å². The number of aliphatic hydroxyl groups excluding tert-OH is 1. The molecule has 21 heavy (non-hydrogen) atoms. The van der Waals surface area contributed by atoms with Crippen LogP contribution in [-0.2, 0) is 0 Å². The van der Waals surface area contributed by atoms with Crippen molar-refractivity contribution in [1.29, 1.82) is 0 Å². The molecule has 0 aromatic heterocycles. The molecule has 1 atom stereocenters. The van der Waals surface area contributed by atoms with Crippen molar-refractivity contribution in [2.75, 3.05) is 7.11 Å². The fraction of sp³-hybridized carbons (Fsp3) is 0.421. The third-order valence-electron chi connectivity index (χ3n) is 4.20. The van der Waals surface area contributed by atoms with Crippen molar-refractivity contribution in [3.63, 3.8) is 0 Å². The predicted octanol–water partition coefficient (Wildman–Crippen LogP) is 5.05. The van der Waals surface area contributed by atoms with E-state index in [0.29, 0.717) is 0 Å². The van der Waals surface area contributed by atoms with Crippen LogP contribution in [0.3, 0.4) is 0 Å². The first-order valence-corrected chi connectivity index (χ1v) is 8.28. The molecule has 0 saturated heterocycles. The van der Waals surface area contributed by atoms with Crippen LogP contribution in [0, 0.1) is 5.92 Å². The minimum absolute atomic E-state index is 0.751. The Hall–Kier alpha value is -1.17. The first-order chi connectivity index (χ1) is 10.3. The van der Waals surface area contributed by atoms with E-state index in [0.717, 1.165) is 19.4 Å². The molecule has 3 rings (SSSR count). The van der Waals surface area contributed by atoms with E-state index < -0.39 is 0 Å². The van der Waals surface area contributed by atoms with E-state index in [2.05, 4.69) is 52.1 Å². The van der Waals surface area contributed by atoms with Crippen molar-refractivity contribution < 1.29 is 5.11 Å². The van der Waals surface area contributed by atoms with Gasteiger partial charge in [0.15, 0.2) is 0 Å². The summed E-state index contributed by atoms with van der Waals surface area (Å²) in [5.74, 6) is 0.751. The highest BCUT2D eigenvalue weighted by Crippen LogP contribution is 2.40. The van der Waals surface area contributed by atoms with Crippen LogP contribution >= 0.6 is 8.86 Å². The molecule has 1 nitrogen and oxygen atoms in total. The van der Waals surface area contributed by atoms with Gasteiger partial charge in [0.05, 0.1) is 0 Å². The van der Waals surface area contributed by atoms with Crippen molar-refractivity contribution in [2.24, 2.45) is 5.92 Å². The van der Waals surface area contributed by atoms with Crippen molar-refractivity contribution in [3.8, 4) is 0 Å². The van der Waals surface area contributed by atoms with Crippen molar-refractivity contribution >= 4 is 15.2 Å². The second-order valence-electron chi connectivity index (χ2n) is 5.34. The number of aliphatic hydroxyl groups is 1. The fourth-order valence-electron chi connectivity index (χ4n) is 3.23. The van der Waals surface area contributed by atoms with Gasteiger partial charge in [0.1, 0.15) is 0 Å². The van der Waals surface area contributed by atoms with Gasteiger partial charge in [0.2, 0.25) is 0 Å². The van der Waals surface area contributed by atoms with Gasteiger partial charge in [0.25, 0.3) is 0 Å². The second kappa shape index (κ2) is 9.71. The molecule has 0 aromatic rings. The third kappa shape index (κ3) is 4.66. The number of hydrogen-bond donors (Lipinski definition) is 1. The van der Waals surface area contributed by atoms with Gasteiger partial charge in [-0.25, -0.2) is 0 Å². The van der Waals surface area contributed by atoms with Gasteiger partial charge in [0, 0.05) is 7.11 Å². The molecule has 2 heteroatoms. The van der Waals surface area contributed by atoms with E-state index in [9.17, 15) is 0 Å². The molecule has 0 bridgehead atoms. The second-order valence-corrected chi connectivity index (χ2v) is 5.34. The predicted molar refractivity (Wildman–Crippen MR) is 97.3 cm³/mol. The Morgan fingerprint density at radius 3 is 2.57 bits per heavy atom. The molecular formula is C19H27OP. The quantitative estimate of drug-likeness (QED) is 0.672. The van der Waals surface area contributed by atoms with Gasteiger partial charge in [-0.1, -0.05) is 43.3 Å². The van der Waals surface area contributed by atoms with Crippen LogP contribution in [0.25, 0.3) is 0 Å². The molecule has 0 radical (unpaired) electrons. The zero-order valence-electron chi connectivity index (χ0n) is 13.1. The Kier molecular flexibility index (Phi) is 8.27. The largest absolute Gasteiger partial charge is 0.400 e. The lowest BCUT2D eigenvalue weighted by Crippen LogP contribution is -2.14. The van der Waals surface area contributed by atoms with Crippen LogP contribution in [0.15, 0.2) is 59.3 Å². The van der Waals surface area contributed by atoms with E-state index in [1.807, 2.05) is 0 Å². The van der Waals surface area contributed by atoms with Crippen LogP contribution in [0.2, 0.25) is 0 Å². The topological polar surface area (TPSA) is 20.2 Å². The Labute approximate surface area is 131 Å². The van der Waals surface area contributed by atoms with Crippen molar-refractivity contribution in [2.45, 2.75) is 38.5 Å². The first-order valence-electron chi connectivity index (χ1n) is 7.58. The zero-order chi connectivity index (χ0) is 15.7. The van der Waals surface area contributed by atoms with Gasteiger partial charge >= 0.3 is 0 Å². The molecule has 0 fully saturated rings. The van der Waals surface area contributed by atoms with Gasteiger partial charge in [-0.3, -0.25) is 0 Å². The van der Waals surface area contributed by atoms with Crippen LogP contribution < -0.4 is 0 Å². The average molecular weight is 302 g/mol. The summed E-state index contributed by atoms with van der Waals surface area (Å²) in [6.45, 7) is 4.20. The number of hydrogen-bond acceptors (Lipinski definition) is 1.